The minimum absolute atomic E-state index is 0.171. The average molecular weight is 491 g/mol. The molecule has 1 atom stereocenters. The fourth-order valence-electron chi connectivity index (χ4n) is 4.55. The number of carbonyl (C=O) groups excluding carboxylic acids is 1. The second-order valence-electron chi connectivity index (χ2n) is 8.77. The molecule has 34 heavy (non-hydrogen) atoms. The van der Waals surface area contributed by atoms with Gasteiger partial charge in [-0.1, -0.05) is 60.4 Å². The van der Waals surface area contributed by atoms with Gasteiger partial charge in [-0.05, 0) is 56.4 Å². The third kappa shape index (κ3) is 4.16. The number of amides is 1. The normalized spacial score (nSPS) is 18.8. The van der Waals surface area contributed by atoms with E-state index in [2.05, 4.69) is 4.90 Å². The second kappa shape index (κ2) is 9.35. The first kappa shape index (κ1) is 22.8. The first-order valence-corrected chi connectivity index (χ1v) is 12.8. The van der Waals surface area contributed by atoms with Crippen LogP contribution in [0.5, 0.6) is 0 Å². The molecular formula is C26H26N4O2S2. The highest BCUT2D eigenvalue weighted by molar-refractivity contribution is 8.26. The second-order valence-corrected chi connectivity index (χ2v) is 10.5. The van der Waals surface area contributed by atoms with Crippen molar-refractivity contribution in [3.8, 4) is 0 Å². The third-order valence-electron chi connectivity index (χ3n) is 6.41. The Balaban J connectivity index is 1.60. The summed E-state index contributed by atoms with van der Waals surface area (Å²) in [7, 11) is 0. The average Bonchev–Trinajstić information content (AvgIpc) is 3.14. The van der Waals surface area contributed by atoms with Crippen molar-refractivity contribution < 1.29 is 4.79 Å². The zero-order chi connectivity index (χ0) is 23.8. The Kier molecular flexibility index (Phi) is 6.27. The molecular weight excluding hydrogens is 464 g/mol. The Morgan fingerprint density at radius 1 is 1.06 bits per heavy atom. The van der Waals surface area contributed by atoms with Gasteiger partial charge in [0.1, 0.15) is 15.8 Å². The van der Waals surface area contributed by atoms with E-state index >= 15 is 0 Å². The van der Waals surface area contributed by atoms with Gasteiger partial charge in [0.05, 0.1) is 16.5 Å². The number of rotatable bonds is 4. The van der Waals surface area contributed by atoms with E-state index in [4.69, 9.17) is 17.2 Å². The maximum absolute atomic E-state index is 13.6. The van der Waals surface area contributed by atoms with Crippen LogP contribution in [0, 0.1) is 6.92 Å². The predicted octanol–water partition coefficient (Wildman–Crippen LogP) is 4.96. The summed E-state index contributed by atoms with van der Waals surface area (Å²) in [5, 5.41) is 0. The fourth-order valence-corrected chi connectivity index (χ4v) is 5.95. The highest BCUT2D eigenvalue weighted by atomic mass is 32.2. The number of thiocarbonyl (C=S) groups is 1. The van der Waals surface area contributed by atoms with Crippen molar-refractivity contribution in [2.75, 3.05) is 18.0 Å². The number of aryl methyl sites for hydroxylation is 1. The molecule has 1 aromatic carbocycles. The van der Waals surface area contributed by atoms with Crippen molar-refractivity contribution in [2.45, 2.75) is 39.2 Å². The summed E-state index contributed by atoms with van der Waals surface area (Å²) in [5.74, 6) is 0.472. The standard InChI is InChI=1S/C26H26N4O2S2/c1-17-11-12-22-27-23(28-13-7-4-8-14-28)20(24(31)29(22)16-17)15-21-25(32)30(26(33)34-21)18(2)19-9-5-3-6-10-19/h3,5-6,9-12,15-16,18H,4,7-8,13-14H2,1-2H3/b21-15+. The number of hydrogen-bond acceptors (Lipinski definition) is 6. The van der Waals surface area contributed by atoms with Gasteiger partial charge in [0.2, 0.25) is 0 Å². The SMILES string of the molecule is Cc1ccc2nc(N3CCCCC3)c(/C=C3/SC(=S)N(C(C)c4ccccc4)C3=O)c(=O)n2c1. The fraction of sp³-hybridized carbons (Fsp3) is 0.308. The van der Waals surface area contributed by atoms with Gasteiger partial charge < -0.3 is 4.90 Å². The number of benzene rings is 1. The van der Waals surface area contributed by atoms with E-state index in [1.54, 1.807) is 21.6 Å². The molecule has 1 unspecified atom stereocenters. The molecule has 2 aromatic heterocycles. The minimum Gasteiger partial charge on any atom is -0.356 e. The summed E-state index contributed by atoms with van der Waals surface area (Å²) < 4.78 is 2.07. The summed E-state index contributed by atoms with van der Waals surface area (Å²) >= 11 is 6.84. The molecule has 5 rings (SSSR count). The molecule has 4 heterocycles. The number of aromatic nitrogens is 2. The Bertz CT molecular complexity index is 1360. The van der Waals surface area contributed by atoms with Crippen molar-refractivity contribution >= 4 is 51.7 Å². The van der Waals surface area contributed by atoms with E-state index < -0.39 is 0 Å². The van der Waals surface area contributed by atoms with Gasteiger partial charge in [-0.3, -0.25) is 18.9 Å². The van der Waals surface area contributed by atoms with Crippen LogP contribution >= 0.6 is 24.0 Å². The van der Waals surface area contributed by atoms with Gasteiger partial charge in [-0.15, -0.1) is 0 Å². The summed E-state index contributed by atoms with van der Waals surface area (Å²) in [6, 6.07) is 13.5. The van der Waals surface area contributed by atoms with Crippen LogP contribution in [0.2, 0.25) is 0 Å². The molecule has 2 saturated heterocycles. The maximum Gasteiger partial charge on any atom is 0.267 e. The van der Waals surface area contributed by atoms with E-state index in [1.807, 2.05) is 56.3 Å². The van der Waals surface area contributed by atoms with Crippen LogP contribution < -0.4 is 10.5 Å². The molecule has 6 nitrogen and oxygen atoms in total. The Hall–Kier alpha value is -2.97. The van der Waals surface area contributed by atoms with Crippen molar-refractivity contribution in [2.24, 2.45) is 0 Å². The predicted molar refractivity (Wildman–Crippen MR) is 142 cm³/mol. The number of pyridine rings is 1. The molecule has 1 amide bonds. The molecule has 0 saturated carbocycles. The largest absolute Gasteiger partial charge is 0.356 e. The molecule has 0 bridgehead atoms. The van der Waals surface area contributed by atoms with Gasteiger partial charge in [0, 0.05) is 19.3 Å². The van der Waals surface area contributed by atoms with E-state index in [-0.39, 0.29) is 17.5 Å². The molecule has 2 aliphatic rings. The Morgan fingerprint density at radius 3 is 2.53 bits per heavy atom. The number of fused-ring (bicyclic) bond motifs is 1. The number of anilines is 1. The van der Waals surface area contributed by atoms with E-state index in [9.17, 15) is 9.59 Å². The van der Waals surface area contributed by atoms with Crippen LogP contribution in [0.4, 0.5) is 5.82 Å². The zero-order valence-corrected chi connectivity index (χ0v) is 20.9. The van der Waals surface area contributed by atoms with Crippen molar-refractivity contribution in [1.29, 1.82) is 0 Å². The molecule has 8 heteroatoms. The third-order valence-corrected chi connectivity index (χ3v) is 7.74. The van der Waals surface area contributed by atoms with Crippen LogP contribution in [0.3, 0.4) is 0 Å². The molecule has 174 valence electrons. The lowest BCUT2D eigenvalue weighted by Crippen LogP contribution is -2.34. The lowest BCUT2D eigenvalue weighted by Gasteiger charge is -2.29. The van der Waals surface area contributed by atoms with Crippen molar-refractivity contribution in [3.05, 3.63) is 80.6 Å². The molecule has 0 spiro atoms. The molecule has 2 aliphatic heterocycles. The Morgan fingerprint density at radius 2 is 1.79 bits per heavy atom. The molecule has 2 fully saturated rings. The van der Waals surface area contributed by atoms with Crippen molar-refractivity contribution in [3.63, 3.8) is 0 Å². The van der Waals surface area contributed by atoms with Gasteiger partial charge >= 0.3 is 0 Å². The first-order chi connectivity index (χ1) is 16.4. The lowest BCUT2D eigenvalue weighted by atomic mass is 10.1. The van der Waals surface area contributed by atoms with E-state index in [0.29, 0.717) is 26.3 Å². The van der Waals surface area contributed by atoms with Gasteiger partial charge in [0.15, 0.2) is 0 Å². The first-order valence-electron chi connectivity index (χ1n) is 11.5. The lowest BCUT2D eigenvalue weighted by molar-refractivity contribution is -0.123. The quantitative estimate of drug-likeness (QED) is 0.381. The van der Waals surface area contributed by atoms with Crippen LogP contribution in [-0.4, -0.2) is 37.6 Å². The highest BCUT2D eigenvalue weighted by Crippen LogP contribution is 2.38. The number of piperidine rings is 1. The summed E-state index contributed by atoms with van der Waals surface area (Å²) in [4.78, 5) is 36.2. The zero-order valence-electron chi connectivity index (χ0n) is 19.2. The topological polar surface area (TPSA) is 57.9 Å². The number of carbonyl (C=O) groups is 1. The summed E-state index contributed by atoms with van der Waals surface area (Å²) in [6.07, 6.45) is 6.79. The molecule has 0 radical (unpaired) electrons. The molecule has 0 aliphatic carbocycles. The van der Waals surface area contributed by atoms with Gasteiger partial charge in [-0.2, -0.15) is 0 Å². The van der Waals surface area contributed by atoms with Gasteiger partial charge in [0.25, 0.3) is 11.5 Å². The monoisotopic (exact) mass is 490 g/mol. The van der Waals surface area contributed by atoms with Crippen LogP contribution in [0.15, 0.2) is 58.4 Å². The molecule has 0 N–H and O–H groups in total. The van der Waals surface area contributed by atoms with E-state index in [1.165, 1.54) is 18.2 Å². The van der Waals surface area contributed by atoms with Crippen LogP contribution in [0.1, 0.15) is 48.9 Å². The smallest absolute Gasteiger partial charge is 0.267 e. The van der Waals surface area contributed by atoms with Crippen LogP contribution in [-0.2, 0) is 4.79 Å². The maximum atomic E-state index is 13.6. The number of thioether (sulfide) groups is 1. The number of hydrogen-bond donors (Lipinski definition) is 0. The summed E-state index contributed by atoms with van der Waals surface area (Å²) in [5.41, 5.74) is 2.86. The Labute approximate surface area is 208 Å². The summed E-state index contributed by atoms with van der Waals surface area (Å²) in [6.45, 7) is 5.61. The van der Waals surface area contributed by atoms with Gasteiger partial charge in [-0.25, -0.2) is 4.98 Å². The minimum atomic E-state index is -0.195. The van der Waals surface area contributed by atoms with E-state index in [0.717, 1.165) is 37.1 Å². The number of nitrogens with zero attached hydrogens (tertiary/aromatic N) is 4. The van der Waals surface area contributed by atoms with Crippen LogP contribution in [0.25, 0.3) is 11.7 Å². The highest BCUT2D eigenvalue weighted by Gasteiger charge is 2.36. The molecule has 3 aromatic rings. The van der Waals surface area contributed by atoms with Crippen molar-refractivity contribution in [1.82, 2.24) is 14.3 Å².